The number of hydrogen-bond donors (Lipinski definition) is 1. The van der Waals surface area contributed by atoms with E-state index in [1.165, 1.54) is 0 Å². The van der Waals surface area contributed by atoms with Crippen LogP contribution in [0.4, 0.5) is 0 Å². The van der Waals surface area contributed by atoms with Crippen LogP contribution in [0, 0.1) is 0 Å². The smallest absolute Gasteiger partial charge is 0.339 e. The number of carbonyl (C=O) groups is 1. The van der Waals surface area contributed by atoms with E-state index in [2.05, 4.69) is 4.99 Å². The van der Waals surface area contributed by atoms with Crippen molar-refractivity contribution in [3.8, 4) is 0 Å². The van der Waals surface area contributed by atoms with Gasteiger partial charge in [-0.25, -0.2) is 4.79 Å². The Balaban J connectivity index is 2.16. The molecule has 16 heavy (non-hydrogen) atoms. The number of allylic oxidation sites excluding steroid dienone is 1. The lowest BCUT2D eigenvalue weighted by Gasteiger charge is -2.12. The highest BCUT2D eigenvalue weighted by Crippen LogP contribution is 2.36. The van der Waals surface area contributed by atoms with Gasteiger partial charge in [0.15, 0.2) is 0 Å². The molecule has 4 heteroatoms. The van der Waals surface area contributed by atoms with Gasteiger partial charge in [-0.05, 0) is 18.6 Å². The summed E-state index contributed by atoms with van der Waals surface area (Å²) in [6.45, 7) is 0. The van der Waals surface area contributed by atoms with Crippen LogP contribution in [-0.2, 0) is 0 Å². The zero-order valence-corrected chi connectivity index (χ0v) is 8.38. The molecule has 0 saturated carbocycles. The van der Waals surface area contributed by atoms with Crippen molar-refractivity contribution in [3.05, 3.63) is 35.5 Å². The molecule has 3 heterocycles. The maximum atomic E-state index is 11.2. The summed E-state index contributed by atoms with van der Waals surface area (Å²) in [4.78, 5) is 15.2. The lowest BCUT2D eigenvalue weighted by atomic mass is 9.91. The Hall–Kier alpha value is -2.10. The van der Waals surface area contributed by atoms with E-state index >= 15 is 0 Å². The van der Waals surface area contributed by atoms with Crippen LogP contribution in [-0.4, -0.2) is 17.3 Å². The van der Waals surface area contributed by atoms with Crippen molar-refractivity contribution in [2.75, 3.05) is 0 Å². The largest absolute Gasteiger partial charge is 0.478 e. The van der Waals surface area contributed by atoms with Crippen LogP contribution in [0.15, 0.2) is 33.8 Å². The number of hydrogen-bond acceptors (Lipinski definition) is 3. The maximum absolute atomic E-state index is 11.2. The fourth-order valence-corrected chi connectivity index (χ4v) is 2.14. The van der Waals surface area contributed by atoms with Crippen molar-refractivity contribution in [1.29, 1.82) is 0 Å². The van der Waals surface area contributed by atoms with E-state index in [0.717, 1.165) is 12.0 Å². The first-order valence-corrected chi connectivity index (χ1v) is 5.03. The zero-order chi connectivity index (χ0) is 11.1. The van der Waals surface area contributed by atoms with Gasteiger partial charge < -0.3 is 9.52 Å². The van der Waals surface area contributed by atoms with Crippen molar-refractivity contribution in [2.45, 2.75) is 12.3 Å². The summed E-state index contributed by atoms with van der Waals surface area (Å²) in [6.07, 6.45) is 6.11. The molecule has 0 spiro atoms. The predicted molar refractivity (Wildman–Crippen MR) is 59.3 cm³/mol. The maximum Gasteiger partial charge on any atom is 0.339 e. The summed E-state index contributed by atoms with van der Waals surface area (Å²) >= 11 is 0. The van der Waals surface area contributed by atoms with E-state index < -0.39 is 5.97 Å². The second-order valence-corrected chi connectivity index (χ2v) is 3.77. The van der Waals surface area contributed by atoms with Crippen LogP contribution < -0.4 is 0 Å². The van der Waals surface area contributed by atoms with Gasteiger partial charge in [0, 0.05) is 23.9 Å². The number of aliphatic imine (C=N–C) groups is 1. The molecule has 2 bridgehead atoms. The van der Waals surface area contributed by atoms with Crippen molar-refractivity contribution >= 4 is 23.3 Å². The van der Waals surface area contributed by atoms with Crippen molar-refractivity contribution < 1.29 is 14.3 Å². The molecule has 80 valence electrons. The Morgan fingerprint density at radius 3 is 2.94 bits per heavy atom. The normalized spacial score (nSPS) is 19.6. The number of aromatic carboxylic acids is 1. The fraction of sp³-hybridized carbons (Fsp3) is 0.167. The highest BCUT2D eigenvalue weighted by atomic mass is 16.4. The Kier molecular flexibility index (Phi) is 1.83. The zero-order valence-electron chi connectivity index (χ0n) is 8.38. The van der Waals surface area contributed by atoms with Gasteiger partial charge in [-0.3, -0.25) is 4.99 Å². The first-order valence-electron chi connectivity index (χ1n) is 5.03. The lowest BCUT2D eigenvalue weighted by molar-refractivity contribution is 0.0697. The van der Waals surface area contributed by atoms with E-state index in [1.807, 2.05) is 12.1 Å². The molecule has 0 radical (unpaired) electrons. The summed E-state index contributed by atoms with van der Waals surface area (Å²) in [5, 5.41) is 9.17. The topological polar surface area (TPSA) is 62.8 Å². The molecule has 0 aliphatic carbocycles. The van der Waals surface area contributed by atoms with Crippen LogP contribution in [0.3, 0.4) is 0 Å². The Labute approximate surface area is 91.2 Å². The number of rotatable bonds is 2. The predicted octanol–water partition coefficient (Wildman–Crippen LogP) is 2.64. The van der Waals surface area contributed by atoms with E-state index in [4.69, 9.17) is 4.42 Å². The van der Waals surface area contributed by atoms with Gasteiger partial charge in [0.25, 0.3) is 0 Å². The summed E-state index contributed by atoms with van der Waals surface area (Å²) < 4.78 is 5.40. The third-order valence-corrected chi connectivity index (χ3v) is 2.84. The average Bonchev–Trinajstić information content (AvgIpc) is 2.89. The third-order valence-electron chi connectivity index (χ3n) is 2.84. The molecule has 0 aromatic carbocycles. The number of carboxylic acids is 1. The molecule has 1 unspecified atom stereocenters. The minimum Gasteiger partial charge on any atom is -0.478 e. The lowest BCUT2D eigenvalue weighted by Crippen LogP contribution is -2.06. The Bertz CT molecular complexity index is 594. The van der Waals surface area contributed by atoms with E-state index in [0.29, 0.717) is 16.7 Å². The monoisotopic (exact) mass is 215 g/mol. The molecular formula is C12H9NO3. The van der Waals surface area contributed by atoms with Crippen LogP contribution in [0.1, 0.15) is 28.3 Å². The molecule has 4 nitrogen and oxygen atoms in total. The van der Waals surface area contributed by atoms with Crippen LogP contribution in [0.25, 0.3) is 11.2 Å². The summed E-state index contributed by atoms with van der Waals surface area (Å²) in [5.41, 5.74) is 2.18. The number of furan rings is 2. The van der Waals surface area contributed by atoms with Gasteiger partial charge in [-0.2, -0.15) is 0 Å². The molecule has 0 fully saturated rings. The molecule has 0 saturated heterocycles. The summed E-state index contributed by atoms with van der Waals surface area (Å²) in [6, 6.07) is 3.51. The minimum atomic E-state index is -0.930. The number of nitrogens with zero attached hydrogens (tertiary/aromatic N) is 1. The first kappa shape index (κ1) is 9.15. The molecular weight excluding hydrogens is 206 g/mol. The highest BCUT2D eigenvalue weighted by molar-refractivity contribution is 6.01. The third kappa shape index (κ3) is 1.16. The quantitative estimate of drug-likeness (QED) is 0.837. The van der Waals surface area contributed by atoms with Crippen LogP contribution >= 0.6 is 0 Å². The molecule has 1 aliphatic rings. The molecule has 1 aliphatic heterocycles. The number of benzene rings is 1. The molecule has 1 N–H and O–H groups in total. The Morgan fingerprint density at radius 1 is 1.44 bits per heavy atom. The fourth-order valence-electron chi connectivity index (χ4n) is 2.14. The van der Waals surface area contributed by atoms with Gasteiger partial charge in [0.2, 0.25) is 0 Å². The standard InChI is InChI=1S/C12H9NO3/c14-12(15)11-9-2-1-8(16-9)10(11)7-3-5-13-6-4-7/h1-3,5-7H,4H2,(H,14,15). The molecule has 2 aromatic rings. The SMILES string of the molecule is O=C(O)c1c(C2C=CN=CC2)c2ccc1o2. The molecule has 2 aromatic heterocycles. The van der Waals surface area contributed by atoms with E-state index in [-0.39, 0.29) is 5.92 Å². The van der Waals surface area contributed by atoms with Crippen LogP contribution in [0.2, 0.25) is 0 Å². The second kappa shape index (κ2) is 3.20. The second-order valence-electron chi connectivity index (χ2n) is 3.77. The molecule has 1 atom stereocenters. The van der Waals surface area contributed by atoms with E-state index in [1.54, 1.807) is 18.5 Å². The highest BCUT2D eigenvalue weighted by Gasteiger charge is 2.26. The number of fused-ring (bicyclic) bond motifs is 2. The van der Waals surface area contributed by atoms with Crippen LogP contribution in [0.5, 0.6) is 0 Å². The molecule has 0 amide bonds. The molecule has 3 rings (SSSR count). The van der Waals surface area contributed by atoms with Gasteiger partial charge in [0.1, 0.15) is 16.7 Å². The van der Waals surface area contributed by atoms with E-state index in [9.17, 15) is 9.90 Å². The van der Waals surface area contributed by atoms with Crippen molar-refractivity contribution in [3.63, 3.8) is 0 Å². The number of carboxylic acid groups (broad SMARTS) is 1. The average molecular weight is 215 g/mol. The summed E-state index contributed by atoms with van der Waals surface area (Å²) in [7, 11) is 0. The first-order chi connectivity index (χ1) is 7.77. The Morgan fingerprint density at radius 2 is 2.25 bits per heavy atom. The summed E-state index contributed by atoms with van der Waals surface area (Å²) in [5.74, 6) is -0.874. The van der Waals surface area contributed by atoms with Gasteiger partial charge in [0.05, 0.1) is 0 Å². The van der Waals surface area contributed by atoms with Crippen molar-refractivity contribution in [2.24, 2.45) is 4.99 Å². The minimum absolute atomic E-state index is 0.0565. The van der Waals surface area contributed by atoms with Gasteiger partial charge in [-0.1, -0.05) is 6.08 Å². The van der Waals surface area contributed by atoms with Crippen molar-refractivity contribution in [1.82, 2.24) is 0 Å². The van der Waals surface area contributed by atoms with Gasteiger partial charge in [-0.15, -0.1) is 0 Å². The van der Waals surface area contributed by atoms with Gasteiger partial charge >= 0.3 is 5.97 Å².